The number of hydrogen-bond donors (Lipinski definition) is 0. The van der Waals surface area contributed by atoms with Crippen LogP contribution in [0.5, 0.6) is 5.75 Å². The molecule has 0 saturated heterocycles. The number of allylic oxidation sites excluding steroid dienone is 1. The van der Waals surface area contributed by atoms with Gasteiger partial charge < -0.3 is 9.47 Å². The summed E-state index contributed by atoms with van der Waals surface area (Å²) in [6, 6.07) is 10.7. The van der Waals surface area contributed by atoms with Crippen LogP contribution in [-0.2, 0) is 4.74 Å². The zero-order chi connectivity index (χ0) is 24.2. The quantitative estimate of drug-likeness (QED) is 0.181. The van der Waals surface area contributed by atoms with Crippen molar-refractivity contribution in [3.8, 4) is 16.9 Å². The molecule has 0 amide bonds. The standard InChI is InChI=1S/C29H35FN2O2/c1-4-6-10-18-33-22(3)11-8-7-9-12-25-21-31-28-20-24(13-15-27(28)32-25)23-14-16-29(26(30)19-23)34-17-5-2/h5,9,12-16,19-22H,2,4,6-8,10-11,17-18H2,1,3H3/b12-9+. The Hall–Kier alpha value is -3.05. The predicted molar refractivity (Wildman–Crippen MR) is 138 cm³/mol. The van der Waals surface area contributed by atoms with Crippen molar-refractivity contribution in [1.82, 2.24) is 9.97 Å². The number of hydrogen-bond acceptors (Lipinski definition) is 4. The van der Waals surface area contributed by atoms with Crippen molar-refractivity contribution in [3.63, 3.8) is 0 Å². The minimum Gasteiger partial charge on any atom is -0.486 e. The first kappa shape index (κ1) is 25.6. The van der Waals surface area contributed by atoms with E-state index in [9.17, 15) is 4.39 Å². The number of benzene rings is 2. The number of rotatable bonds is 14. The summed E-state index contributed by atoms with van der Waals surface area (Å²) in [4.78, 5) is 9.25. The van der Waals surface area contributed by atoms with Crippen LogP contribution in [0, 0.1) is 5.82 Å². The SMILES string of the molecule is C=CCOc1ccc(-c2ccc3nc(/C=C/CCCC(C)OCCCCC)cnc3c2)cc1F. The van der Waals surface area contributed by atoms with Crippen LogP contribution in [0.1, 0.15) is 58.1 Å². The molecule has 180 valence electrons. The monoisotopic (exact) mass is 462 g/mol. The fourth-order valence-corrected chi connectivity index (χ4v) is 3.68. The molecule has 0 bridgehead atoms. The van der Waals surface area contributed by atoms with E-state index in [1.807, 2.05) is 30.3 Å². The van der Waals surface area contributed by atoms with Gasteiger partial charge in [-0.1, -0.05) is 50.6 Å². The summed E-state index contributed by atoms with van der Waals surface area (Å²) in [5, 5.41) is 0. The van der Waals surface area contributed by atoms with Crippen LogP contribution in [-0.4, -0.2) is 29.3 Å². The lowest BCUT2D eigenvalue weighted by atomic mass is 10.0. The molecule has 0 radical (unpaired) electrons. The molecule has 0 aliphatic rings. The second-order valence-corrected chi connectivity index (χ2v) is 8.47. The van der Waals surface area contributed by atoms with E-state index >= 15 is 0 Å². The molecule has 1 unspecified atom stereocenters. The maximum Gasteiger partial charge on any atom is 0.165 e. The molecule has 0 saturated carbocycles. The van der Waals surface area contributed by atoms with Gasteiger partial charge in [0.15, 0.2) is 11.6 Å². The highest BCUT2D eigenvalue weighted by atomic mass is 19.1. The largest absolute Gasteiger partial charge is 0.486 e. The highest BCUT2D eigenvalue weighted by Crippen LogP contribution is 2.27. The first-order chi connectivity index (χ1) is 16.6. The Bertz CT molecular complexity index is 1100. The van der Waals surface area contributed by atoms with Gasteiger partial charge in [0, 0.05) is 6.61 Å². The number of fused-ring (bicyclic) bond motifs is 1. The average molecular weight is 463 g/mol. The highest BCUT2D eigenvalue weighted by Gasteiger charge is 2.08. The number of nitrogens with zero attached hydrogens (tertiary/aromatic N) is 2. The molecular weight excluding hydrogens is 427 g/mol. The summed E-state index contributed by atoms with van der Waals surface area (Å²) in [6.45, 7) is 9.07. The second kappa shape index (κ2) is 13.6. The van der Waals surface area contributed by atoms with E-state index in [0.29, 0.717) is 6.10 Å². The molecule has 0 aliphatic carbocycles. The van der Waals surface area contributed by atoms with Crippen molar-refractivity contribution >= 4 is 17.1 Å². The molecule has 1 atom stereocenters. The number of aromatic nitrogens is 2. The number of unbranched alkanes of at least 4 members (excludes halogenated alkanes) is 3. The second-order valence-electron chi connectivity index (χ2n) is 8.47. The molecule has 3 aromatic rings. The maximum absolute atomic E-state index is 14.3. The van der Waals surface area contributed by atoms with Crippen molar-refractivity contribution in [1.29, 1.82) is 0 Å². The molecule has 1 aromatic heterocycles. The molecule has 0 N–H and O–H groups in total. The summed E-state index contributed by atoms with van der Waals surface area (Å²) in [5.74, 6) is -0.182. The fraction of sp³-hybridized carbons (Fsp3) is 0.379. The van der Waals surface area contributed by atoms with Gasteiger partial charge in [0.2, 0.25) is 0 Å². The summed E-state index contributed by atoms with van der Waals surface area (Å²) in [5.41, 5.74) is 4.06. The molecular formula is C29H35FN2O2. The third-order valence-electron chi connectivity index (χ3n) is 5.60. The lowest BCUT2D eigenvalue weighted by Crippen LogP contribution is -2.08. The Balaban J connectivity index is 1.55. The van der Waals surface area contributed by atoms with Crippen molar-refractivity contribution in [2.24, 2.45) is 0 Å². The first-order valence-electron chi connectivity index (χ1n) is 12.2. The molecule has 0 spiro atoms. The molecule has 2 aromatic carbocycles. The zero-order valence-corrected chi connectivity index (χ0v) is 20.3. The predicted octanol–water partition coefficient (Wildman–Crippen LogP) is 7.78. The van der Waals surface area contributed by atoms with Crippen molar-refractivity contribution in [2.75, 3.05) is 13.2 Å². The Morgan fingerprint density at radius 2 is 1.88 bits per heavy atom. The van der Waals surface area contributed by atoms with E-state index in [1.54, 1.807) is 18.3 Å². The minimum absolute atomic E-state index is 0.217. The van der Waals surface area contributed by atoms with Crippen LogP contribution in [0.25, 0.3) is 28.2 Å². The Morgan fingerprint density at radius 3 is 2.68 bits per heavy atom. The molecule has 0 aliphatic heterocycles. The van der Waals surface area contributed by atoms with Gasteiger partial charge in [0.1, 0.15) is 6.61 Å². The van der Waals surface area contributed by atoms with Crippen molar-refractivity contribution in [2.45, 2.75) is 58.5 Å². The summed E-state index contributed by atoms with van der Waals surface area (Å²) >= 11 is 0. The highest BCUT2D eigenvalue weighted by molar-refractivity contribution is 5.82. The van der Waals surface area contributed by atoms with Gasteiger partial charge in [0.25, 0.3) is 0 Å². The van der Waals surface area contributed by atoms with E-state index in [-0.39, 0.29) is 12.4 Å². The normalized spacial score (nSPS) is 12.3. The smallest absolute Gasteiger partial charge is 0.165 e. The summed E-state index contributed by atoms with van der Waals surface area (Å²) < 4.78 is 25.5. The van der Waals surface area contributed by atoms with Crippen LogP contribution in [0.2, 0.25) is 0 Å². The van der Waals surface area contributed by atoms with E-state index in [0.717, 1.165) is 60.1 Å². The number of halogens is 1. The third kappa shape index (κ3) is 7.77. The van der Waals surface area contributed by atoms with Crippen LogP contribution in [0.4, 0.5) is 4.39 Å². The van der Waals surface area contributed by atoms with Crippen LogP contribution < -0.4 is 4.74 Å². The summed E-state index contributed by atoms with van der Waals surface area (Å²) in [6.07, 6.45) is 14.6. The topological polar surface area (TPSA) is 44.2 Å². The van der Waals surface area contributed by atoms with Crippen molar-refractivity contribution in [3.05, 3.63) is 72.8 Å². The van der Waals surface area contributed by atoms with E-state index < -0.39 is 5.82 Å². The fourth-order valence-electron chi connectivity index (χ4n) is 3.68. The van der Waals surface area contributed by atoms with Gasteiger partial charge in [-0.2, -0.15) is 0 Å². The molecule has 0 fully saturated rings. The number of ether oxygens (including phenoxy) is 2. The Morgan fingerprint density at radius 1 is 1.06 bits per heavy atom. The molecule has 3 rings (SSSR count). The van der Waals surface area contributed by atoms with Gasteiger partial charge in [-0.15, -0.1) is 0 Å². The summed E-state index contributed by atoms with van der Waals surface area (Å²) in [7, 11) is 0. The van der Waals surface area contributed by atoms with E-state index in [4.69, 9.17) is 9.47 Å². The zero-order valence-electron chi connectivity index (χ0n) is 20.3. The lowest BCUT2D eigenvalue weighted by Gasteiger charge is -2.11. The average Bonchev–Trinajstić information content (AvgIpc) is 2.85. The molecule has 4 nitrogen and oxygen atoms in total. The van der Waals surface area contributed by atoms with Gasteiger partial charge in [-0.25, -0.2) is 9.37 Å². The maximum atomic E-state index is 14.3. The molecule has 5 heteroatoms. The Kier molecular flexibility index (Phi) is 10.2. The lowest BCUT2D eigenvalue weighted by molar-refractivity contribution is 0.0566. The first-order valence-corrected chi connectivity index (χ1v) is 12.2. The van der Waals surface area contributed by atoms with Crippen LogP contribution in [0.15, 0.2) is 61.3 Å². The third-order valence-corrected chi connectivity index (χ3v) is 5.60. The van der Waals surface area contributed by atoms with E-state index in [1.165, 1.54) is 18.9 Å². The van der Waals surface area contributed by atoms with Crippen LogP contribution in [0.3, 0.4) is 0 Å². The minimum atomic E-state index is -0.400. The molecule has 34 heavy (non-hydrogen) atoms. The van der Waals surface area contributed by atoms with Gasteiger partial charge >= 0.3 is 0 Å². The molecule has 1 heterocycles. The van der Waals surface area contributed by atoms with Gasteiger partial charge in [-0.05, 0) is 74.1 Å². The van der Waals surface area contributed by atoms with Gasteiger partial charge in [0.05, 0.1) is 29.0 Å². The Labute approximate surface area is 202 Å². The van der Waals surface area contributed by atoms with E-state index in [2.05, 4.69) is 36.5 Å². The van der Waals surface area contributed by atoms with Gasteiger partial charge in [-0.3, -0.25) is 4.98 Å². The van der Waals surface area contributed by atoms with Crippen LogP contribution >= 0.6 is 0 Å². The van der Waals surface area contributed by atoms with Crippen molar-refractivity contribution < 1.29 is 13.9 Å².